The number of unbranched alkanes of at least 4 members (excludes halogenated alkanes) is 2. The van der Waals surface area contributed by atoms with Crippen molar-refractivity contribution in [1.29, 1.82) is 0 Å². The lowest BCUT2D eigenvalue weighted by Crippen LogP contribution is -2.40. The Morgan fingerprint density at radius 2 is 1.39 bits per heavy atom. The molecule has 1 atom stereocenters. The predicted molar refractivity (Wildman–Crippen MR) is 144 cm³/mol. The van der Waals surface area contributed by atoms with E-state index in [1.807, 2.05) is 0 Å². The zero-order chi connectivity index (χ0) is 23.6. The van der Waals surface area contributed by atoms with Crippen molar-refractivity contribution in [3.63, 3.8) is 0 Å². The topological polar surface area (TPSA) is 6.48 Å². The summed E-state index contributed by atoms with van der Waals surface area (Å²) in [5, 5.41) is 0. The molecule has 2 aromatic rings. The molecule has 2 heterocycles. The number of para-hydroxylation sites is 2. The molecule has 0 saturated heterocycles. The third kappa shape index (κ3) is 4.14. The first kappa shape index (κ1) is 23.7. The summed E-state index contributed by atoms with van der Waals surface area (Å²) in [6.45, 7) is 16.3. The van der Waals surface area contributed by atoms with Crippen molar-refractivity contribution >= 4 is 11.4 Å². The maximum Gasteiger partial charge on any atom is 0.0568 e. The molecule has 0 bridgehead atoms. The second-order valence-electron chi connectivity index (χ2n) is 10.8. The van der Waals surface area contributed by atoms with Gasteiger partial charge in [-0.25, -0.2) is 0 Å². The Bertz CT molecular complexity index is 1030. The van der Waals surface area contributed by atoms with E-state index in [4.69, 9.17) is 0 Å². The van der Waals surface area contributed by atoms with Crippen molar-refractivity contribution in [3.05, 3.63) is 83.6 Å². The largest absolute Gasteiger partial charge is 0.364 e. The number of fused-ring (bicyclic) bond motifs is 2. The van der Waals surface area contributed by atoms with Gasteiger partial charge in [0.05, 0.1) is 6.04 Å². The Hall–Kier alpha value is -2.48. The fourth-order valence-electron chi connectivity index (χ4n) is 5.85. The van der Waals surface area contributed by atoms with Gasteiger partial charge in [0.15, 0.2) is 0 Å². The van der Waals surface area contributed by atoms with E-state index in [0.717, 1.165) is 13.1 Å². The number of hydrogen-bond donors (Lipinski definition) is 0. The summed E-state index contributed by atoms with van der Waals surface area (Å²) in [5.41, 5.74) is 7.24. The number of rotatable bonds is 8. The third-order valence-electron chi connectivity index (χ3n) is 7.82. The van der Waals surface area contributed by atoms with Crippen LogP contribution in [-0.2, 0) is 10.8 Å². The highest BCUT2D eigenvalue weighted by atomic mass is 15.2. The monoisotopic (exact) mass is 442 g/mol. The van der Waals surface area contributed by atoms with E-state index < -0.39 is 0 Å². The standard InChI is InChI=1S/C31H42N2/c1-7-9-22-32-26-18-13-11-16-24(26)30(3,4)28(32)20-15-21-29-31(5,6)25-17-12-14-19-27(25)33(29)23-10-8-2/h11-21,28H,7-10,22-23H2,1-6H3/b20-15+,29-21+. The summed E-state index contributed by atoms with van der Waals surface area (Å²) >= 11 is 0. The van der Waals surface area contributed by atoms with E-state index in [-0.39, 0.29) is 10.8 Å². The first-order valence-electron chi connectivity index (χ1n) is 13.0. The summed E-state index contributed by atoms with van der Waals surface area (Å²) in [4.78, 5) is 5.20. The highest BCUT2D eigenvalue weighted by Gasteiger charge is 2.43. The molecule has 0 spiro atoms. The molecule has 33 heavy (non-hydrogen) atoms. The minimum absolute atomic E-state index is 0.0186. The third-order valence-corrected chi connectivity index (χ3v) is 7.82. The summed E-state index contributed by atoms with van der Waals surface area (Å²) in [7, 11) is 0. The molecular formula is C31H42N2. The second kappa shape index (κ2) is 9.41. The fourth-order valence-corrected chi connectivity index (χ4v) is 5.85. The van der Waals surface area contributed by atoms with Gasteiger partial charge in [-0.2, -0.15) is 0 Å². The van der Waals surface area contributed by atoms with E-state index in [9.17, 15) is 0 Å². The fraction of sp³-hybridized carbons (Fsp3) is 0.484. The summed E-state index contributed by atoms with van der Waals surface area (Å²) < 4.78 is 0. The normalized spacial score (nSPS) is 21.8. The van der Waals surface area contributed by atoms with Crippen LogP contribution in [0.4, 0.5) is 11.4 Å². The van der Waals surface area contributed by atoms with Gasteiger partial charge in [0.2, 0.25) is 0 Å². The summed E-state index contributed by atoms with van der Waals surface area (Å²) in [6.07, 6.45) is 12.1. The minimum atomic E-state index is 0.0186. The quantitative estimate of drug-likeness (QED) is 0.409. The van der Waals surface area contributed by atoms with Crippen molar-refractivity contribution in [2.75, 3.05) is 22.9 Å². The van der Waals surface area contributed by atoms with Gasteiger partial charge in [0, 0.05) is 41.0 Å². The Balaban J connectivity index is 1.68. The molecule has 1 unspecified atom stereocenters. The van der Waals surface area contributed by atoms with Crippen LogP contribution in [0.25, 0.3) is 0 Å². The van der Waals surface area contributed by atoms with E-state index in [1.165, 1.54) is 53.9 Å². The zero-order valence-corrected chi connectivity index (χ0v) is 21.6. The number of hydrogen-bond acceptors (Lipinski definition) is 2. The molecule has 2 aliphatic rings. The number of anilines is 2. The molecule has 2 aliphatic heterocycles. The molecule has 0 N–H and O–H groups in total. The average molecular weight is 443 g/mol. The van der Waals surface area contributed by atoms with Crippen LogP contribution in [0.5, 0.6) is 0 Å². The molecule has 2 heteroatoms. The minimum Gasteiger partial charge on any atom is -0.364 e. The molecule has 0 aliphatic carbocycles. The van der Waals surface area contributed by atoms with Crippen molar-refractivity contribution in [2.24, 2.45) is 0 Å². The van der Waals surface area contributed by atoms with Crippen molar-refractivity contribution in [1.82, 2.24) is 0 Å². The first-order valence-corrected chi connectivity index (χ1v) is 13.0. The van der Waals surface area contributed by atoms with Crippen LogP contribution in [0.15, 0.2) is 72.5 Å². The Morgan fingerprint density at radius 3 is 2.09 bits per heavy atom. The lowest BCUT2D eigenvalue weighted by molar-refractivity contribution is 0.471. The van der Waals surface area contributed by atoms with E-state index >= 15 is 0 Å². The van der Waals surface area contributed by atoms with Gasteiger partial charge in [0.1, 0.15) is 0 Å². The number of benzene rings is 2. The van der Waals surface area contributed by atoms with E-state index in [2.05, 4.69) is 118 Å². The van der Waals surface area contributed by atoms with Crippen LogP contribution in [0.2, 0.25) is 0 Å². The molecule has 0 fully saturated rings. The molecule has 2 aromatic carbocycles. The average Bonchev–Trinajstić information content (AvgIpc) is 3.16. The highest BCUT2D eigenvalue weighted by Crippen LogP contribution is 2.48. The molecule has 0 saturated carbocycles. The van der Waals surface area contributed by atoms with Gasteiger partial charge in [-0.05, 0) is 42.2 Å². The van der Waals surface area contributed by atoms with E-state index in [0.29, 0.717) is 6.04 Å². The molecule has 0 amide bonds. The van der Waals surface area contributed by atoms with Crippen molar-refractivity contribution < 1.29 is 0 Å². The zero-order valence-electron chi connectivity index (χ0n) is 21.6. The number of allylic oxidation sites excluding steroid dienone is 3. The Kier molecular flexibility index (Phi) is 6.75. The van der Waals surface area contributed by atoms with Gasteiger partial charge < -0.3 is 9.80 Å². The maximum atomic E-state index is 2.64. The van der Waals surface area contributed by atoms with Crippen LogP contribution < -0.4 is 9.80 Å². The van der Waals surface area contributed by atoms with Crippen molar-refractivity contribution in [2.45, 2.75) is 84.1 Å². The molecular weight excluding hydrogens is 400 g/mol. The smallest absolute Gasteiger partial charge is 0.0568 e. The van der Waals surface area contributed by atoms with Crippen molar-refractivity contribution in [3.8, 4) is 0 Å². The maximum absolute atomic E-state index is 2.64. The van der Waals surface area contributed by atoms with Crippen LogP contribution in [0, 0.1) is 0 Å². The van der Waals surface area contributed by atoms with Crippen LogP contribution >= 0.6 is 0 Å². The molecule has 176 valence electrons. The SMILES string of the molecule is CCCCN1/C(=C/C=C/C2N(CCCC)c3ccccc3C2(C)C)C(C)(C)c2ccccc21. The van der Waals surface area contributed by atoms with E-state index in [1.54, 1.807) is 0 Å². The predicted octanol–water partition coefficient (Wildman–Crippen LogP) is 7.99. The van der Waals surface area contributed by atoms with Crippen LogP contribution in [0.3, 0.4) is 0 Å². The lowest BCUT2D eigenvalue weighted by Gasteiger charge is -2.32. The molecule has 2 nitrogen and oxygen atoms in total. The summed E-state index contributed by atoms with van der Waals surface area (Å²) in [5.74, 6) is 0. The second-order valence-corrected chi connectivity index (χ2v) is 10.8. The summed E-state index contributed by atoms with van der Waals surface area (Å²) in [6, 6.07) is 18.3. The van der Waals surface area contributed by atoms with Crippen LogP contribution in [-0.4, -0.2) is 19.1 Å². The molecule has 0 radical (unpaired) electrons. The Labute approximate surface area is 202 Å². The van der Waals surface area contributed by atoms with Gasteiger partial charge in [-0.3, -0.25) is 0 Å². The van der Waals surface area contributed by atoms with Gasteiger partial charge in [-0.1, -0.05) is 103 Å². The molecule has 4 rings (SSSR count). The molecule has 0 aromatic heterocycles. The number of nitrogens with zero attached hydrogens (tertiary/aromatic N) is 2. The lowest BCUT2D eigenvalue weighted by atomic mass is 9.80. The van der Waals surface area contributed by atoms with Gasteiger partial charge in [0.25, 0.3) is 0 Å². The van der Waals surface area contributed by atoms with Gasteiger partial charge in [-0.15, -0.1) is 0 Å². The van der Waals surface area contributed by atoms with Gasteiger partial charge >= 0.3 is 0 Å². The van der Waals surface area contributed by atoms with Crippen LogP contribution in [0.1, 0.15) is 78.4 Å². The highest BCUT2D eigenvalue weighted by molar-refractivity contribution is 5.71. The first-order chi connectivity index (χ1) is 15.8. The Morgan fingerprint density at radius 1 is 0.788 bits per heavy atom.